The van der Waals surface area contributed by atoms with Gasteiger partial charge in [-0.15, -0.1) is 0 Å². The van der Waals surface area contributed by atoms with Crippen LogP contribution in [-0.2, 0) is 16.1 Å². The highest BCUT2D eigenvalue weighted by molar-refractivity contribution is 5.88. The zero-order valence-electron chi connectivity index (χ0n) is 13.5. The average Bonchev–Trinajstić information content (AvgIpc) is 2.59. The molecule has 25 heavy (non-hydrogen) atoms. The highest BCUT2D eigenvalue weighted by atomic mass is 19.2. The fraction of sp³-hybridized carbons (Fsp3) is 0.500. The molecule has 2 rings (SSSR count). The molecule has 0 bridgehead atoms. The molecule has 1 atom stereocenters. The van der Waals surface area contributed by atoms with Crippen molar-refractivity contribution in [2.45, 2.75) is 25.0 Å². The van der Waals surface area contributed by atoms with Crippen LogP contribution in [0.15, 0.2) is 18.2 Å². The van der Waals surface area contributed by atoms with Gasteiger partial charge in [0.1, 0.15) is 0 Å². The van der Waals surface area contributed by atoms with Gasteiger partial charge in [0.25, 0.3) is 0 Å². The summed E-state index contributed by atoms with van der Waals surface area (Å²) in [6.45, 7) is 0.185. The van der Waals surface area contributed by atoms with E-state index < -0.39 is 42.8 Å². The van der Waals surface area contributed by atoms with Crippen molar-refractivity contribution in [1.82, 2.24) is 15.5 Å². The Morgan fingerprint density at radius 2 is 2.04 bits per heavy atom. The molecule has 138 valence electrons. The van der Waals surface area contributed by atoms with E-state index in [2.05, 4.69) is 10.6 Å². The van der Waals surface area contributed by atoms with Crippen molar-refractivity contribution in [2.24, 2.45) is 0 Å². The molecule has 0 radical (unpaired) electrons. The van der Waals surface area contributed by atoms with E-state index in [0.29, 0.717) is 18.7 Å². The number of aliphatic hydroxyl groups is 2. The third-order valence-corrected chi connectivity index (χ3v) is 4.00. The summed E-state index contributed by atoms with van der Waals surface area (Å²) in [6, 6.07) is 1.93. The van der Waals surface area contributed by atoms with Crippen molar-refractivity contribution in [3.8, 4) is 0 Å². The highest BCUT2D eigenvalue weighted by Gasteiger charge is 2.32. The number of carbonyl (C=O) groups is 2. The number of aliphatic hydroxyl groups excluding tert-OH is 2. The van der Waals surface area contributed by atoms with Crippen LogP contribution in [0.2, 0.25) is 0 Å². The van der Waals surface area contributed by atoms with Gasteiger partial charge >= 0.3 is 0 Å². The summed E-state index contributed by atoms with van der Waals surface area (Å²) in [5, 5.41) is 23.1. The maximum Gasteiger partial charge on any atom is 0.237 e. The van der Waals surface area contributed by atoms with Crippen LogP contribution in [0.5, 0.6) is 0 Å². The standard InChI is InChI=1S/C16H21F2N3O4/c17-12-2-1-10(5-13(12)18)7-21-4-3-19-16(25)14(21)6-15(24)20-11(8-22)9-23/h1-2,5,11,14,22-23H,3-4,6-9H2,(H,19,25)(H,20,24)/t14-/m0/s1. The minimum absolute atomic E-state index is 0.175. The summed E-state index contributed by atoms with van der Waals surface area (Å²) in [5.74, 6) is -2.75. The smallest absolute Gasteiger partial charge is 0.237 e. The van der Waals surface area contributed by atoms with Crippen molar-refractivity contribution < 1.29 is 28.6 Å². The van der Waals surface area contributed by atoms with Gasteiger partial charge in [0.15, 0.2) is 11.6 Å². The van der Waals surface area contributed by atoms with Gasteiger partial charge < -0.3 is 20.8 Å². The Labute approximate surface area is 143 Å². The van der Waals surface area contributed by atoms with E-state index in [1.165, 1.54) is 6.07 Å². The maximum atomic E-state index is 13.4. The lowest BCUT2D eigenvalue weighted by Gasteiger charge is -2.35. The largest absolute Gasteiger partial charge is 0.394 e. The fourth-order valence-corrected chi connectivity index (χ4v) is 2.66. The number of amides is 2. The molecule has 1 aliphatic rings. The van der Waals surface area contributed by atoms with E-state index in [1.54, 1.807) is 4.90 Å². The van der Waals surface area contributed by atoms with Crippen molar-refractivity contribution >= 4 is 11.8 Å². The monoisotopic (exact) mass is 357 g/mol. The normalized spacial score (nSPS) is 18.3. The third kappa shape index (κ3) is 5.18. The van der Waals surface area contributed by atoms with Gasteiger partial charge in [-0.05, 0) is 17.7 Å². The van der Waals surface area contributed by atoms with Crippen LogP contribution in [0.4, 0.5) is 8.78 Å². The number of nitrogens with one attached hydrogen (secondary N) is 2. The highest BCUT2D eigenvalue weighted by Crippen LogP contribution is 2.16. The first-order chi connectivity index (χ1) is 11.9. The first-order valence-electron chi connectivity index (χ1n) is 7.91. The van der Waals surface area contributed by atoms with Crippen LogP contribution in [-0.4, -0.2) is 65.3 Å². The van der Waals surface area contributed by atoms with E-state index in [-0.39, 0.29) is 18.9 Å². The Hall–Kier alpha value is -2.10. The van der Waals surface area contributed by atoms with Gasteiger partial charge in [0.2, 0.25) is 11.8 Å². The molecule has 0 saturated carbocycles. The number of hydrogen-bond acceptors (Lipinski definition) is 5. The number of halogens is 2. The van der Waals surface area contributed by atoms with E-state index in [0.717, 1.165) is 12.1 Å². The Kier molecular flexibility index (Phi) is 6.80. The topological polar surface area (TPSA) is 102 Å². The number of carbonyl (C=O) groups excluding carboxylic acids is 2. The van der Waals surface area contributed by atoms with E-state index >= 15 is 0 Å². The molecule has 9 heteroatoms. The van der Waals surface area contributed by atoms with Crippen LogP contribution in [0.3, 0.4) is 0 Å². The molecule has 1 aromatic carbocycles. The number of piperazine rings is 1. The van der Waals surface area contributed by atoms with Gasteiger partial charge in [-0.1, -0.05) is 6.07 Å². The summed E-state index contributed by atoms with van der Waals surface area (Å²) in [7, 11) is 0. The average molecular weight is 357 g/mol. The van der Waals surface area contributed by atoms with E-state index in [4.69, 9.17) is 10.2 Å². The predicted octanol–water partition coefficient (Wildman–Crippen LogP) is -0.875. The summed E-state index contributed by atoms with van der Waals surface area (Å²) < 4.78 is 26.4. The maximum absolute atomic E-state index is 13.4. The SMILES string of the molecule is O=C(C[C@H]1C(=O)NCCN1Cc1ccc(F)c(F)c1)NC(CO)CO. The molecule has 1 fully saturated rings. The zero-order valence-corrected chi connectivity index (χ0v) is 13.5. The number of hydrogen-bond donors (Lipinski definition) is 4. The molecule has 1 aromatic rings. The lowest BCUT2D eigenvalue weighted by molar-refractivity contribution is -0.134. The van der Waals surface area contributed by atoms with Crippen LogP contribution in [0, 0.1) is 11.6 Å². The van der Waals surface area contributed by atoms with Gasteiger partial charge in [-0.3, -0.25) is 14.5 Å². The first kappa shape index (κ1) is 19.2. The minimum atomic E-state index is -0.970. The molecule has 1 saturated heterocycles. The molecule has 0 unspecified atom stereocenters. The predicted molar refractivity (Wildman–Crippen MR) is 84.3 cm³/mol. The van der Waals surface area contributed by atoms with E-state index in [9.17, 15) is 18.4 Å². The van der Waals surface area contributed by atoms with E-state index in [1.807, 2.05) is 0 Å². The Balaban J connectivity index is 2.05. The van der Waals surface area contributed by atoms with Gasteiger partial charge in [0, 0.05) is 19.6 Å². The molecule has 2 amide bonds. The molecular formula is C16H21F2N3O4. The summed E-state index contributed by atoms with van der Waals surface area (Å²) in [6.07, 6.45) is -0.175. The summed E-state index contributed by atoms with van der Waals surface area (Å²) in [5.41, 5.74) is 0.489. The third-order valence-electron chi connectivity index (χ3n) is 4.00. The Morgan fingerprint density at radius 3 is 2.68 bits per heavy atom. The second kappa shape index (κ2) is 8.84. The molecule has 1 heterocycles. The van der Waals surface area contributed by atoms with Crippen LogP contribution >= 0.6 is 0 Å². The van der Waals surface area contributed by atoms with Gasteiger partial charge in [-0.25, -0.2) is 8.78 Å². The van der Waals surface area contributed by atoms with Crippen LogP contribution in [0.25, 0.3) is 0 Å². The number of rotatable bonds is 7. The minimum Gasteiger partial charge on any atom is -0.394 e. The Bertz CT molecular complexity index is 625. The van der Waals surface area contributed by atoms with Crippen molar-refractivity contribution in [1.29, 1.82) is 0 Å². The molecule has 7 nitrogen and oxygen atoms in total. The first-order valence-corrected chi connectivity index (χ1v) is 7.91. The summed E-state index contributed by atoms with van der Waals surface area (Å²) >= 11 is 0. The fourth-order valence-electron chi connectivity index (χ4n) is 2.66. The molecule has 0 aliphatic carbocycles. The lowest BCUT2D eigenvalue weighted by atomic mass is 10.1. The molecule has 0 aromatic heterocycles. The van der Waals surface area contributed by atoms with Crippen molar-refractivity contribution in [2.75, 3.05) is 26.3 Å². The van der Waals surface area contributed by atoms with Gasteiger partial charge in [0.05, 0.1) is 31.7 Å². The molecule has 1 aliphatic heterocycles. The lowest BCUT2D eigenvalue weighted by Crippen LogP contribution is -2.56. The summed E-state index contributed by atoms with van der Waals surface area (Å²) in [4.78, 5) is 25.8. The number of benzene rings is 1. The van der Waals surface area contributed by atoms with Crippen molar-refractivity contribution in [3.05, 3.63) is 35.4 Å². The molecule has 0 spiro atoms. The number of nitrogens with zero attached hydrogens (tertiary/aromatic N) is 1. The zero-order chi connectivity index (χ0) is 18.4. The van der Waals surface area contributed by atoms with Crippen LogP contribution < -0.4 is 10.6 Å². The van der Waals surface area contributed by atoms with Gasteiger partial charge in [-0.2, -0.15) is 0 Å². The second-order valence-electron chi connectivity index (χ2n) is 5.86. The second-order valence-corrected chi connectivity index (χ2v) is 5.86. The molecule has 4 N–H and O–H groups in total. The van der Waals surface area contributed by atoms with Crippen LogP contribution in [0.1, 0.15) is 12.0 Å². The van der Waals surface area contributed by atoms with Crippen molar-refractivity contribution in [3.63, 3.8) is 0 Å². The Morgan fingerprint density at radius 1 is 1.32 bits per heavy atom. The quantitative estimate of drug-likeness (QED) is 0.508. The molecular weight excluding hydrogens is 336 g/mol.